The molecule has 3 unspecified atom stereocenters. The zero-order chi connectivity index (χ0) is 14.6. The number of hydrogen-bond donors (Lipinski definition) is 1. The molecule has 1 saturated carbocycles. The Balaban J connectivity index is 2.13. The second-order valence-electron chi connectivity index (χ2n) is 5.84. The van der Waals surface area contributed by atoms with Crippen molar-refractivity contribution in [1.29, 1.82) is 0 Å². The normalized spacial score (nSPS) is 27.4. The van der Waals surface area contributed by atoms with Gasteiger partial charge in [0.15, 0.2) is 9.84 Å². The van der Waals surface area contributed by atoms with Crippen molar-refractivity contribution >= 4 is 9.84 Å². The van der Waals surface area contributed by atoms with E-state index in [9.17, 15) is 8.42 Å². The molecular weight excluding hydrogens is 270 g/mol. The van der Waals surface area contributed by atoms with Crippen LogP contribution >= 0.6 is 0 Å². The van der Waals surface area contributed by atoms with Crippen LogP contribution in [0.1, 0.15) is 50.5 Å². The maximum Gasteiger partial charge on any atom is 0.154 e. The van der Waals surface area contributed by atoms with Crippen LogP contribution in [0.25, 0.3) is 0 Å². The lowest BCUT2D eigenvalue weighted by Gasteiger charge is -2.34. The molecule has 1 fully saturated rings. The van der Waals surface area contributed by atoms with Gasteiger partial charge in [0, 0.05) is 6.04 Å². The lowest BCUT2D eigenvalue weighted by Crippen LogP contribution is -2.45. The molecule has 1 aromatic carbocycles. The topological polar surface area (TPSA) is 60.2 Å². The summed E-state index contributed by atoms with van der Waals surface area (Å²) in [6.07, 6.45) is 4.11. The molecule has 112 valence electrons. The molecule has 0 heterocycles. The second-order valence-corrected chi connectivity index (χ2v) is 8.18. The summed E-state index contributed by atoms with van der Waals surface area (Å²) in [5.74, 6) is 0.612. The summed E-state index contributed by atoms with van der Waals surface area (Å²) in [7, 11) is -3.06. The van der Waals surface area contributed by atoms with Gasteiger partial charge in [-0.2, -0.15) is 0 Å². The number of sulfone groups is 1. The highest BCUT2D eigenvalue weighted by molar-refractivity contribution is 7.92. The minimum absolute atomic E-state index is 0.197. The molecule has 0 aliphatic heterocycles. The summed E-state index contributed by atoms with van der Waals surface area (Å²) < 4.78 is 24.9. The van der Waals surface area contributed by atoms with Gasteiger partial charge in [0.2, 0.25) is 0 Å². The van der Waals surface area contributed by atoms with Crippen molar-refractivity contribution in [3.63, 3.8) is 0 Å². The van der Waals surface area contributed by atoms with Gasteiger partial charge in [0.1, 0.15) is 0 Å². The summed E-state index contributed by atoms with van der Waals surface area (Å²) in [5, 5.41) is -0.368. The first-order valence-electron chi connectivity index (χ1n) is 7.56. The molecule has 0 saturated heterocycles. The Morgan fingerprint density at radius 2 is 1.90 bits per heavy atom. The second kappa shape index (κ2) is 6.72. The highest BCUT2D eigenvalue weighted by atomic mass is 32.2. The third-order valence-electron chi connectivity index (χ3n) is 4.36. The van der Waals surface area contributed by atoms with Crippen LogP contribution in [0.5, 0.6) is 0 Å². The Hall–Kier alpha value is -0.870. The van der Waals surface area contributed by atoms with E-state index in [1.54, 1.807) is 0 Å². The van der Waals surface area contributed by atoms with Gasteiger partial charge >= 0.3 is 0 Å². The molecule has 0 amide bonds. The fourth-order valence-corrected chi connectivity index (χ4v) is 5.28. The highest BCUT2D eigenvalue weighted by Crippen LogP contribution is 2.35. The van der Waals surface area contributed by atoms with Crippen molar-refractivity contribution in [2.24, 2.45) is 5.73 Å². The van der Waals surface area contributed by atoms with Crippen molar-refractivity contribution < 1.29 is 8.42 Å². The van der Waals surface area contributed by atoms with Gasteiger partial charge in [-0.3, -0.25) is 0 Å². The molecule has 1 aliphatic carbocycles. The summed E-state index contributed by atoms with van der Waals surface area (Å²) in [6, 6.07) is 10.0. The third-order valence-corrected chi connectivity index (χ3v) is 6.68. The van der Waals surface area contributed by atoms with E-state index < -0.39 is 9.84 Å². The first kappa shape index (κ1) is 15.5. The zero-order valence-electron chi connectivity index (χ0n) is 12.2. The lowest BCUT2D eigenvalue weighted by atomic mass is 9.82. The summed E-state index contributed by atoms with van der Waals surface area (Å²) in [5.41, 5.74) is 7.34. The lowest BCUT2D eigenvalue weighted by molar-refractivity contribution is 0.391. The van der Waals surface area contributed by atoms with Crippen LogP contribution < -0.4 is 5.73 Å². The summed E-state index contributed by atoms with van der Waals surface area (Å²) in [6.45, 7) is 2.02. The van der Waals surface area contributed by atoms with E-state index in [-0.39, 0.29) is 17.0 Å². The molecule has 0 radical (unpaired) electrons. The zero-order valence-corrected chi connectivity index (χ0v) is 13.0. The van der Waals surface area contributed by atoms with E-state index in [0.717, 1.165) is 25.7 Å². The molecule has 3 atom stereocenters. The molecular formula is C16H25NO2S. The Labute approximate surface area is 122 Å². The predicted molar refractivity (Wildman–Crippen MR) is 83.5 cm³/mol. The van der Waals surface area contributed by atoms with Gasteiger partial charge in [0.05, 0.1) is 11.0 Å². The number of unbranched alkanes of at least 4 members (excludes halogenated alkanes) is 1. The van der Waals surface area contributed by atoms with Gasteiger partial charge in [0.25, 0.3) is 0 Å². The average Bonchev–Trinajstić information content (AvgIpc) is 2.46. The number of hydrogen-bond acceptors (Lipinski definition) is 3. The molecule has 1 aromatic rings. The first-order valence-corrected chi connectivity index (χ1v) is 9.28. The maximum absolute atomic E-state index is 12.5. The van der Waals surface area contributed by atoms with Gasteiger partial charge in [-0.25, -0.2) is 8.42 Å². The minimum atomic E-state index is -3.06. The molecule has 1 aliphatic rings. The van der Waals surface area contributed by atoms with E-state index in [1.165, 1.54) is 5.56 Å². The van der Waals surface area contributed by atoms with Crippen molar-refractivity contribution in [3.05, 3.63) is 35.9 Å². The molecule has 2 N–H and O–H groups in total. The number of benzene rings is 1. The molecule has 0 aromatic heterocycles. The Morgan fingerprint density at radius 3 is 2.55 bits per heavy atom. The fourth-order valence-electron chi connectivity index (χ4n) is 3.09. The Morgan fingerprint density at radius 1 is 1.20 bits per heavy atom. The smallest absolute Gasteiger partial charge is 0.154 e. The van der Waals surface area contributed by atoms with Crippen LogP contribution in [0, 0.1) is 0 Å². The van der Waals surface area contributed by atoms with Crippen LogP contribution in [0.15, 0.2) is 30.3 Å². The van der Waals surface area contributed by atoms with Crippen LogP contribution in [0.3, 0.4) is 0 Å². The Kier molecular flexibility index (Phi) is 5.22. The first-order chi connectivity index (χ1) is 9.54. The van der Waals surface area contributed by atoms with Gasteiger partial charge in [-0.15, -0.1) is 0 Å². The van der Waals surface area contributed by atoms with E-state index in [0.29, 0.717) is 12.3 Å². The van der Waals surface area contributed by atoms with Crippen LogP contribution in [-0.2, 0) is 9.84 Å². The summed E-state index contributed by atoms with van der Waals surface area (Å²) >= 11 is 0. The van der Waals surface area contributed by atoms with Crippen molar-refractivity contribution in [1.82, 2.24) is 0 Å². The van der Waals surface area contributed by atoms with E-state index >= 15 is 0 Å². The largest absolute Gasteiger partial charge is 0.327 e. The fraction of sp³-hybridized carbons (Fsp3) is 0.625. The van der Waals surface area contributed by atoms with Crippen molar-refractivity contribution in [3.8, 4) is 0 Å². The molecule has 0 spiro atoms. The molecule has 0 bridgehead atoms. The van der Waals surface area contributed by atoms with Gasteiger partial charge in [-0.05, 0) is 37.2 Å². The van der Waals surface area contributed by atoms with Crippen LogP contribution in [0.2, 0.25) is 0 Å². The molecule has 20 heavy (non-hydrogen) atoms. The van der Waals surface area contributed by atoms with Crippen LogP contribution in [-0.4, -0.2) is 25.5 Å². The van der Waals surface area contributed by atoms with Crippen molar-refractivity contribution in [2.45, 2.75) is 56.2 Å². The third kappa shape index (κ3) is 3.61. The molecule has 3 nitrogen and oxygen atoms in total. The summed E-state index contributed by atoms with van der Waals surface area (Å²) in [4.78, 5) is 0. The SMILES string of the molecule is CCCCS(=O)(=O)C1CC(c2ccccc2)CCC1N. The Bertz CT molecular complexity index is 513. The molecule has 2 rings (SSSR count). The quantitative estimate of drug-likeness (QED) is 0.908. The minimum Gasteiger partial charge on any atom is -0.327 e. The van der Waals surface area contributed by atoms with Crippen LogP contribution in [0.4, 0.5) is 0 Å². The predicted octanol–water partition coefficient (Wildman–Crippen LogP) is 2.86. The molecule has 4 heteroatoms. The number of nitrogens with two attached hydrogens (primary N) is 1. The van der Waals surface area contributed by atoms with Crippen molar-refractivity contribution in [2.75, 3.05) is 5.75 Å². The number of rotatable bonds is 5. The van der Waals surface area contributed by atoms with Gasteiger partial charge < -0.3 is 5.73 Å². The average molecular weight is 295 g/mol. The highest BCUT2D eigenvalue weighted by Gasteiger charge is 2.37. The van der Waals surface area contributed by atoms with E-state index in [1.807, 2.05) is 25.1 Å². The maximum atomic E-state index is 12.5. The van der Waals surface area contributed by atoms with E-state index in [4.69, 9.17) is 5.73 Å². The monoisotopic (exact) mass is 295 g/mol. The standard InChI is InChI=1S/C16H25NO2S/c1-2-3-11-20(18,19)16-12-14(9-10-15(16)17)13-7-5-4-6-8-13/h4-8,14-16H,2-3,9-12,17H2,1H3. The van der Waals surface area contributed by atoms with Gasteiger partial charge in [-0.1, -0.05) is 43.7 Å². The van der Waals surface area contributed by atoms with E-state index in [2.05, 4.69) is 12.1 Å².